The van der Waals surface area contributed by atoms with Gasteiger partial charge in [0.25, 0.3) is 0 Å². The first-order valence-corrected chi connectivity index (χ1v) is 12.3. The van der Waals surface area contributed by atoms with Crippen LogP contribution in [0.1, 0.15) is 11.1 Å². The first-order valence-electron chi connectivity index (χ1n) is 9.47. The van der Waals surface area contributed by atoms with E-state index >= 15 is 0 Å². The summed E-state index contributed by atoms with van der Waals surface area (Å²) in [5.41, 5.74) is 2.73. The molecule has 36 heavy (non-hydrogen) atoms. The van der Waals surface area contributed by atoms with Gasteiger partial charge in [0.1, 0.15) is 32.0 Å². The van der Waals surface area contributed by atoms with Gasteiger partial charge in [0.05, 0.1) is 26.7 Å². The largest absolute Gasteiger partial charge is 1.00 e. The maximum Gasteiger partial charge on any atom is 1.00 e. The van der Waals surface area contributed by atoms with Crippen LogP contribution in [0.5, 0.6) is 0 Å². The van der Waals surface area contributed by atoms with Gasteiger partial charge >= 0.3 is 37.7 Å². The third kappa shape index (κ3) is 7.44. The van der Waals surface area contributed by atoms with Gasteiger partial charge in [0.2, 0.25) is 0 Å². The molecule has 176 valence electrons. The molecule has 0 unspecified atom stereocenters. The van der Waals surface area contributed by atoms with E-state index in [0.717, 1.165) is 24.3 Å². The molecule has 3 rings (SSSR count). The molecule has 2 N–H and O–H groups in total. The van der Waals surface area contributed by atoms with Crippen LogP contribution in [-0.2, 0) is 20.2 Å². The second kappa shape index (κ2) is 12.6. The summed E-state index contributed by atoms with van der Waals surface area (Å²) >= 11 is 0. The quantitative estimate of drug-likeness (QED) is 0.202. The van der Waals surface area contributed by atoms with E-state index < -0.39 is 20.2 Å². The number of nitrogens with one attached hydrogen (secondary N) is 2. The Hall–Kier alpha value is -2.64. The molecule has 0 heterocycles. The molecule has 3 aromatic rings. The van der Waals surface area contributed by atoms with E-state index in [0.29, 0.717) is 34.0 Å². The maximum atomic E-state index is 11.2. The molecule has 0 aliphatic heterocycles. The summed E-state index contributed by atoms with van der Waals surface area (Å²) in [4.78, 5) is -0.771. The Morgan fingerprint density at radius 3 is 1.58 bits per heavy atom. The van der Waals surface area contributed by atoms with Crippen molar-refractivity contribution in [1.82, 2.24) is 0 Å². The standard InChI is InChI=1S/C21H19N5O6S2.2Li/c1-13-18(12-22)19(24-14-3-7-16(8-4-14)33(27,28)29)11-20(21(13)26-23-2)25-15-5-9-17(10-6-15)34(30,31)32;;/h3-11,24-25H,1-2H3,(H,27,28,29)(H,30,31,32);;/q;2*+1/p-2. The SMILES string of the molecule is CN=Nc1c(Nc2ccc(S(=O)(=O)[O-])cc2)cc(Nc2ccc(S(=O)(=O)[O-])cc2)c(C#N)c1C.[Li+].[Li+]. The fourth-order valence-corrected chi connectivity index (χ4v) is 4.03. The van der Waals surface area contributed by atoms with Crippen molar-refractivity contribution >= 4 is 48.7 Å². The van der Waals surface area contributed by atoms with Gasteiger partial charge in [-0.3, -0.25) is 0 Å². The topological polar surface area (TPSA) is 187 Å². The van der Waals surface area contributed by atoms with Gasteiger partial charge in [-0.15, -0.1) is 0 Å². The predicted octanol–water partition coefficient (Wildman–Crippen LogP) is -2.12. The molecule has 3 aromatic carbocycles. The van der Waals surface area contributed by atoms with E-state index in [1.54, 1.807) is 13.0 Å². The Morgan fingerprint density at radius 2 is 1.22 bits per heavy atom. The Labute approximate surface area is 232 Å². The van der Waals surface area contributed by atoms with E-state index in [2.05, 4.69) is 26.9 Å². The molecular weight excluding hydrogens is 496 g/mol. The monoisotopic (exact) mass is 513 g/mol. The summed E-state index contributed by atoms with van der Waals surface area (Å²) in [6.07, 6.45) is 0. The molecule has 0 aliphatic rings. The maximum absolute atomic E-state index is 11.2. The van der Waals surface area contributed by atoms with Gasteiger partial charge in [0, 0.05) is 18.4 Å². The van der Waals surface area contributed by atoms with Crippen molar-refractivity contribution < 1.29 is 63.7 Å². The smallest absolute Gasteiger partial charge is 0.744 e. The summed E-state index contributed by atoms with van der Waals surface area (Å²) < 4.78 is 66.9. The van der Waals surface area contributed by atoms with E-state index in [4.69, 9.17) is 0 Å². The Balaban J connectivity index is 0.00000324. The predicted molar refractivity (Wildman–Crippen MR) is 122 cm³/mol. The van der Waals surface area contributed by atoms with Gasteiger partial charge in [0.15, 0.2) is 0 Å². The minimum Gasteiger partial charge on any atom is -0.744 e. The summed E-state index contributed by atoms with van der Waals surface area (Å²) in [7, 11) is -7.73. The van der Waals surface area contributed by atoms with Crippen LogP contribution in [0.3, 0.4) is 0 Å². The minimum absolute atomic E-state index is 0. The van der Waals surface area contributed by atoms with E-state index in [-0.39, 0.29) is 53.1 Å². The molecule has 0 saturated carbocycles. The normalized spacial score (nSPS) is 11.2. The van der Waals surface area contributed by atoms with E-state index in [1.165, 1.54) is 31.3 Å². The molecule has 0 spiro atoms. The molecule has 15 heteroatoms. The van der Waals surface area contributed by atoms with E-state index in [9.17, 15) is 31.2 Å². The zero-order valence-electron chi connectivity index (χ0n) is 19.8. The fraction of sp³-hybridized carbons (Fsp3) is 0.0952. The Morgan fingerprint density at radius 1 is 0.806 bits per heavy atom. The van der Waals surface area contributed by atoms with Crippen molar-refractivity contribution in [2.24, 2.45) is 10.2 Å². The van der Waals surface area contributed by atoms with Crippen LogP contribution < -0.4 is 48.4 Å². The molecule has 0 saturated heterocycles. The average molecular weight is 513 g/mol. The third-order valence-electron chi connectivity index (χ3n) is 4.70. The van der Waals surface area contributed by atoms with Crippen molar-refractivity contribution in [2.75, 3.05) is 17.7 Å². The number of nitriles is 1. The first kappa shape index (κ1) is 31.4. The van der Waals surface area contributed by atoms with Crippen LogP contribution in [0.4, 0.5) is 28.4 Å². The molecule has 0 aliphatic carbocycles. The Kier molecular flexibility index (Phi) is 10.9. The molecule has 0 aromatic heterocycles. The molecule has 0 amide bonds. The third-order valence-corrected chi connectivity index (χ3v) is 6.40. The summed E-state index contributed by atoms with van der Waals surface area (Å²) in [6, 6.07) is 13.9. The molecule has 0 bridgehead atoms. The Bertz CT molecular complexity index is 1520. The number of rotatable bonds is 7. The number of anilines is 4. The molecular formula is C21H17Li2N5O6S2. The van der Waals surface area contributed by atoms with Crippen LogP contribution in [0.15, 0.2) is 74.6 Å². The molecule has 0 fully saturated rings. The number of hydrogen-bond donors (Lipinski definition) is 2. The van der Waals surface area contributed by atoms with Gasteiger partial charge < -0.3 is 19.7 Å². The summed E-state index contributed by atoms with van der Waals surface area (Å²) in [6.45, 7) is 1.67. The van der Waals surface area contributed by atoms with Crippen molar-refractivity contribution in [1.29, 1.82) is 5.26 Å². The second-order valence-corrected chi connectivity index (χ2v) is 9.70. The van der Waals surface area contributed by atoms with Crippen LogP contribution in [0.2, 0.25) is 0 Å². The average Bonchev–Trinajstić information content (AvgIpc) is 2.76. The summed E-state index contributed by atoms with van der Waals surface area (Å²) in [5.74, 6) is 0. The van der Waals surface area contributed by atoms with Gasteiger partial charge in [-0.05, 0) is 67.1 Å². The number of benzene rings is 3. The van der Waals surface area contributed by atoms with Gasteiger partial charge in [-0.1, -0.05) is 0 Å². The zero-order chi connectivity index (χ0) is 25.1. The van der Waals surface area contributed by atoms with Crippen LogP contribution >= 0.6 is 0 Å². The number of hydrogen-bond acceptors (Lipinski definition) is 11. The molecule has 0 radical (unpaired) electrons. The van der Waals surface area contributed by atoms with Crippen molar-refractivity contribution in [2.45, 2.75) is 16.7 Å². The molecule has 0 atom stereocenters. The minimum atomic E-state index is -4.60. The van der Waals surface area contributed by atoms with Crippen molar-refractivity contribution in [3.8, 4) is 6.07 Å². The van der Waals surface area contributed by atoms with Crippen LogP contribution in [0.25, 0.3) is 0 Å². The van der Waals surface area contributed by atoms with Crippen LogP contribution in [0, 0.1) is 18.3 Å². The van der Waals surface area contributed by atoms with E-state index in [1.807, 2.05) is 0 Å². The molecule has 11 nitrogen and oxygen atoms in total. The van der Waals surface area contributed by atoms with Gasteiger partial charge in [-0.2, -0.15) is 15.5 Å². The van der Waals surface area contributed by atoms with Crippen molar-refractivity contribution in [3.63, 3.8) is 0 Å². The van der Waals surface area contributed by atoms with Crippen LogP contribution in [-0.4, -0.2) is 33.0 Å². The number of nitrogens with zero attached hydrogens (tertiary/aromatic N) is 3. The fourth-order valence-electron chi connectivity index (χ4n) is 3.09. The van der Waals surface area contributed by atoms with Crippen molar-refractivity contribution in [3.05, 3.63) is 65.7 Å². The first-order chi connectivity index (χ1) is 15.9. The summed E-state index contributed by atoms with van der Waals surface area (Å²) in [5, 5.41) is 23.7. The van der Waals surface area contributed by atoms with Gasteiger partial charge in [-0.25, -0.2) is 16.8 Å². The number of azo groups is 1. The second-order valence-electron chi connectivity index (χ2n) is 6.94. The zero-order valence-corrected chi connectivity index (χ0v) is 21.4.